The van der Waals surface area contributed by atoms with E-state index in [4.69, 9.17) is 4.74 Å². The molecule has 2 heterocycles. The number of aromatic nitrogens is 1. The molecule has 0 spiro atoms. The molecule has 3 amide bonds. The van der Waals surface area contributed by atoms with Crippen molar-refractivity contribution in [2.45, 2.75) is 37.9 Å². The first-order chi connectivity index (χ1) is 19.5. The second-order valence-corrected chi connectivity index (χ2v) is 10.6. The van der Waals surface area contributed by atoms with Gasteiger partial charge in [0.05, 0.1) is 13.2 Å². The third-order valence-corrected chi connectivity index (χ3v) is 7.63. The van der Waals surface area contributed by atoms with E-state index in [1.165, 1.54) is 0 Å². The molecule has 1 aliphatic heterocycles. The number of nitrogens with zero attached hydrogens (tertiary/aromatic N) is 2. The van der Waals surface area contributed by atoms with Crippen molar-refractivity contribution >= 4 is 28.6 Å². The highest BCUT2D eigenvalue weighted by Gasteiger charge is 2.35. The van der Waals surface area contributed by atoms with Gasteiger partial charge in [0.15, 0.2) is 0 Å². The van der Waals surface area contributed by atoms with E-state index in [1.54, 1.807) is 24.1 Å². The summed E-state index contributed by atoms with van der Waals surface area (Å²) < 4.78 is 5.31. The maximum Gasteiger partial charge on any atom is 0.270 e. The molecule has 1 atom stereocenters. The quantitative estimate of drug-likeness (QED) is 0.354. The van der Waals surface area contributed by atoms with Gasteiger partial charge in [0.2, 0.25) is 5.91 Å². The Bertz CT molecular complexity index is 1560. The predicted molar refractivity (Wildman–Crippen MR) is 152 cm³/mol. The summed E-state index contributed by atoms with van der Waals surface area (Å²) in [6, 6.07) is 24.9. The molecule has 2 fully saturated rings. The molecule has 40 heavy (non-hydrogen) atoms. The number of nitrogens with one attached hydrogen (secondary N) is 2. The highest BCUT2D eigenvalue weighted by Crippen LogP contribution is 2.25. The van der Waals surface area contributed by atoms with E-state index >= 15 is 0 Å². The van der Waals surface area contributed by atoms with E-state index in [1.807, 2.05) is 71.6 Å². The van der Waals surface area contributed by atoms with Gasteiger partial charge in [-0.2, -0.15) is 0 Å². The summed E-state index contributed by atoms with van der Waals surface area (Å²) >= 11 is 0. The Balaban J connectivity index is 1.24. The first-order valence-electron chi connectivity index (χ1n) is 13.7. The van der Waals surface area contributed by atoms with Crippen molar-refractivity contribution < 1.29 is 19.1 Å². The van der Waals surface area contributed by atoms with Gasteiger partial charge in [-0.1, -0.05) is 42.5 Å². The third-order valence-electron chi connectivity index (χ3n) is 7.63. The van der Waals surface area contributed by atoms with Crippen molar-refractivity contribution in [3.8, 4) is 5.75 Å². The summed E-state index contributed by atoms with van der Waals surface area (Å²) in [4.78, 5) is 46.5. The standard InChI is InChI=1S/C32H32N4O4/c1-40-27-12-13-28-24(16-27)17-29(34-28)32(39)35-19-26(15-21-6-3-2-4-7-21)36(30(37)20-35)18-22-8-5-9-23(14-22)31(38)33-25-10-11-25/h2-9,12-14,16-17,25-26,34H,10-11,15,18-20H2,1H3,(H,33,38)/t26-/m0/s1. The fourth-order valence-electron chi connectivity index (χ4n) is 5.34. The normalized spacial score (nSPS) is 17.2. The van der Waals surface area contributed by atoms with Gasteiger partial charge in [0.25, 0.3) is 11.8 Å². The van der Waals surface area contributed by atoms with Crippen molar-refractivity contribution in [1.82, 2.24) is 20.1 Å². The second-order valence-electron chi connectivity index (χ2n) is 10.6. The van der Waals surface area contributed by atoms with Crippen LogP contribution in [0.3, 0.4) is 0 Å². The van der Waals surface area contributed by atoms with Crippen LogP contribution in [0.15, 0.2) is 78.9 Å². The second kappa shape index (κ2) is 10.9. The number of hydrogen-bond donors (Lipinski definition) is 2. The Hall–Kier alpha value is -4.59. The molecule has 8 heteroatoms. The van der Waals surface area contributed by atoms with Gasteiger partial charge in [-0.25, -0.2) is 0 Å². The number of carbonyl (C=O) groups excluding carboxylic acids is 3. The number of H-pyrrole nitrogens is 1. The molecular formula is C32H32N4O4. The Morgan fingerprint density at radius 3 is 2.55 bits per heavy atom. The summed E-state index contributed by atoms with van der Waals surface area (Å²) in [5.41, 5.74) is 3.85. The average molecular weight is 537 g/mol. The molecule has 0 bridgehead atoms. The number of benzene rings is 3. The molecule has 0 unspecified atom stereocenters. The van der Waals surface area contributed by atoms with Gasteiger partial charge >= 0.3 is 0 Å². The minimum Gasteiger partial charge on any atom is -0.497 e. The Kier molecular flexibility index (Phi) is 6.99. The number of rotatable bonds is 8. The van der Waals surface area contributed by atoms with E-state index in [2.05, 4.69) is 10.3 Å². The molecule has 0 radical (unpaired) electrons. The molecule has 8 nitrogen and oxygen atoms in total. The minimum absolute atomic E-state index is 0.00926. The lowest BCUT2D eigenvalue weighted by atomic mass is 10.00. The van der Waals surface area contributed by atoms with Gasteiger partial charge in [0.1, 0.15) is 18.0 Å². The van der Waals surface area contributed by atoms with E-state index in [9.17, 15) is 14.4 Å². The van der Waals surface area contributed by atoms with Crippen LogP contribution in [0.5, 0.6) is 5.75 Å². The SMILES string of the molecule is COc1ccc2[nH]c(C(=O)N3CC(=O)N(Cc4cccc(C(=O)NC5CC5)c4)[C@@H](Cc4ccccc4)C3)cc2c1. The number of amides is 3. The Labute approximate surface area is 232 Å². The summed E-state index contributed by atoms with van der Waals surface area (Å²) in [6.45, 7) is 0.764. The Morgan fingerprint density at radius 1 is 0.975 bits per heavy atom. The van der Waals surface area contributed by atoms with Crippen molar-refractivity contribution in [2.75, 3.05) is 20.2 Å². The van der Waals surface area contributed by atoms with E-state index < -0.39 is 0 Å². The molecule has 1 aromatic heterocycles. The molecule has 1 saturated carbocycles. The number of piperazine rings is 1. The van der Waals surface area contributed by atoms with Crippen LogP contribution in [0.25, 0.3) is 10.9 Å². The summed E-state index contributed by atoms with van der Waals surface area (Å²) in [5, 5.41) is 3.90. The minimum atomic E-state index is -0.221. The number of ether oxygens (including phenoxy) is 1. The highest BCUT2D eigenvalue weighted by atomic mass is 16.5. The van der Waals surface area contributed by atoms with E-state index in [0.29, 0.717) is 36.5 Å². The molecule has 6 rings (SSSR count). The maximum atomic E-state index is 13.6. The van der Waals surface area contributed by atoms with Crippen LogP contribution in [0.4, 0.5) is 0 Å². The number of methoxy groups -OCH3 is 1. The van der Waals surface area contributed by atoms with Gasteiger partial charge < -0.3 is 24.8 Å². The lowest BCUT2D eigenvalue weighted by Gasteiger charge is -2.41. The number of carbonyl (C=O) groups is 3. The first kappa shape index (κ1) is 25.7. The molecule has 4 aromatic rings. The number of fused-ring (bicyclic) bond motifs is 1. The summed E-state index contributed by atoms with van der Waals surface area (Å²) in [7, 11) is 1.61. The first-order valence-corrected chi connectivity index (χ1v) is 13.7. The summed E-state index contributed by atoms with van der Waals surface area (Å²) in [5.74, 6) is 0.306. The average Bonchev–Trinajstić information content (AvgIpc) is 3.69. The van der Waals surface area contributed by atoms with Gasteiger partial charge in [-0.15, -0.1) is 0 Å². The molecule has 1 aliphatic carbocycles. The van der Waals surface area contributed by atoms with Crippen LogP contribution in [-0.2, 0) is 17.8 Å². The van der Waals surface area contributed by atoms with Gasteiger partial charge in [-0.05, 0) is 66.8 Å². The third kappa shape index (κ3) is 5.57. The summed E-state index contributed by atoms with van der Waals surface area (Å²) in [6.07, 6.45) is 2.66. The lowest BCUT2D eigenvalue weighted by Crippen LogP contribution is -2.58. The fraction of sp³-hybridized carbons (Fsp3) is 0.281. The van der Waals surface area contributed by atoms with Crippen LogP contribution >= 0.6 is 0 Å². The molecule has 2 aliphatic rings. The lowest BCUT2D eigenvalue weighted by molar-refractivity contribution is -0.139. The number of hydrogen-bond acceptors (Lipinski definition) is 4. The zero-order valence-corrected chi connectivity index (χ0v) is 22.4. The van der Waals surface area contributed by atoms with Gasteiger partial charge in [-0.3, -0.25) is 14.4 Å². The topological polar surface area (TPSA) is 94.7 Å². The van der Waals surface area contributed by atoms with Crippen LogP contribution in [-0.4, -0.2) is 64.8 Å². The molecule has 3 aromatic carbocycles. The molecule has 1 saturated heterocycles. The van der Waals surface area contributed by atoms with Crippen molar-refractivity contribution in [3.63, 3.8) is 0 Å². The smallest absolute Gasteiger partial charge is 0.270 e. The van der Waals surface area contributed by atoms with E-state index in [0.717, 1.165) is 34.9 Å². The monoisotopic (exact) mass is 536 g/mol. The maximum absolute atomic E-state index is 13.6. The molecular weight excluding hydrogens is 504 g/mol. The van der Waals surface area contributed by atoms with Crippen LogP contribution < -0.4 is 10.1 Å². The largest absolute Gasteiger partial charge is 0.497 e. The number of aromatic amines is 1. The Morgan fingerprint density at radius 2 is 1.77 bits per heavy atom. The van der Waals surface area contributed by atoms with Crippen LogP contribution in [0, 0.1) is 0 Å². The predicted octanol–water partition coefficient (Wildman–Crippen LogP) is 4.16. The van der Waals surface area contributed by atoms with Crippen LogP contribution in [0.1, 0.15) is 44.8 Å². The fourth-order valence-corrected chi connectivity index (χ4v) is 5.34. The van der Waals surface area contributed by atoms with Crippen molar-refractivity contribution in [2.24, 2.45) is 0 Å². The molecule has 204 valence electrons. The molecule has 2 N–H and O–H groups in total. The van der Waals surface area contributed by atoms with E-state index in [-0.39, 0.29) is 36.3 Å². The van der Waals surface area contributed by atoms with Crippen molar-refractivity contribution in [3.05, 3.63) is 101 Å². The zero-order chi connectivity index (χ0) is 27.6. The van der Waals surface area contributed by atoms with Crippen molar-refractivity contribution in [1.29, 1.82) is 0 Å². The highest BCUT2D eigenvalue weighted by molar-refractivity contribution is 6.00. The van der Waals surface area contributed by atoms with Crippen LogP contribution in [0.2, 0.25) is 0 Å². The zero-order valence-electron chi connectivity index (χ0n) is 22.4. The van der Waals surface area contributed by atoms with Gasteiger partial charge in [0, 0.05) is 35.6 Å².